The molecule has 0 amide bonds. The quantitative estimate of drug-likeness (QED) is 0.592. The van der Waals surface area contributed by atoms with Gasteiger partial charge in [0.15, 0.2) is 5.65 Å². The summed E-state index contributed by atoms with van der Waals surface area (Å²) < 4.78 is 1.80. The van der Waals surface area contributed by atoms with E-state index in [0.717, 1.165) is 5.65 Å². The molecular formula is C17H28N4. The predicted octanol–water partition coefficient (Wildman–Crippen LogP) is 4.76. The van der Waals surface area contributed by atoms with Crippen molar-refractivity contribution >= 4 is 5.65 Å². The molecule has 4 nitrogen and oxygen atoms in total. The molecule has 0 bridgehead atoms. The Kier molecular flexibility index (Phi) is 6.64. The van der Waals surface area contributed by atoms with Crippen molar-refractivity contribution < 1.29 is 0 Å². The molecule has 2 aromatic heterocycles. The van der Waals surface area contributed by atoms with E-state index in [1.807, 2.05) is 6.20 Å². The summed E-state index contributed by atoms with van der Waals surface area (Å²) in [5.41, 5.74) is 2.29. The van der Waals surface area contributed by atoms with Crippen LogP contribution in [0.15, 0.2) is 18.9 Å². The molecule has 21 heavy (non-hydrogen) atoms. The molecule has 0 fully saturated rings. The lowest BCUT2D eigenvalue weighted by Gasteiger charge is -2.15. The van der Waals surface area contributed by atoms with Crippen molar-refractivity contribution in [2.45, 2.75) is 77.6 Å². The zero-order valence-corrected chi connectivity index (χ0v) is 13.5. The number of nitrogens with zero attached hydrogens (tertiary/aromatic N) is 4. The molecule has 2 heterocycles. The van der Waals surface area contributed by atoms with Crippen molar-refractivity contribution in [3.05, 3.63) is 24.4 Å². The Morgan fingerprint density at radius 2 is 1.76 bits per heavy atom. The molecule has 4 heteroatoms. The fraction of sp³-hybridized carbons (Fsp3) is 0.706. The summed E-state index contributed by atoms with van der Waals surface area (Å²) in [6.45, 7) is 4.53. The molecule has 0 aliphatic heterocycles. The second-order valence-corrected chi connectivity index (χ2v) is 5.92. The summed E-state index contributed by atoms with van der Waals surface area (Å²) in [5, 5.41) is 4.40. The van der Waals surface area contributed by atoms with Gasteiger partial charge in [-0.3, -0.25) is 0 Å². The van der Waals surface area contributed by atoms with Crippen molar-refractivity contribution in [3.8, 4) is 0 Å². The molecule has 0 aliphatic carbocycles. The third-order valence-corrected chi connectivity index (χ3v) is 4.22. The van der Waals surface area contributed by atoms with Gasteiger partial charge in [0.05, 0.1) is 6.20 Å². The van der Waals surface area contributed by atoms with Gasteiger partial charge in [0.2, 0.25) is 0 Å². The summed E-state index contributed by atoms with van der Waals surface area (Å²) >= 11 is 0. The number of hydrogen-bond donors (Lipinski definition) is 0. The number of hydrogen-bond acceptors (Lipinski definition) is 3. The van der Waals surface area contributed by atoms with Crippen LogP contribution in [-0.2, 0) is 0 Å². The van der Waals surface area contributed by atoms with Crippen LogP contribution >= 0.6 is 0 Å². The minimum Gasteiger partial charge on any atom is -0.225 e. The van der Waals surface area contributed by atoms with Crippen LogP contribution in [0.4, 0.5) is 0 Å². The van der Waals surface area contributed by atoms with Crippen LogP contribution in [0.1, 0.15) is 83.1 Å². The van der Waals surface area contributed by atoms with Crippen molar-refractivity contribution in [1.29, 1.82) is 0 Å². The first-order valence-electron chi connectivity index (χ1n) is 8.50. The van der Waals surface area contributed by atoms with Crippen LogP contribution in [0.5, 0.6) is 0 Å². The maximum Gasteiger partial charge on any atom is 0.161 e. The standard InChI is InChI=1S/C17H28N4/c1-3-5-7-8-9-11-15(10-6-4-2)16-12-20-21-14-18-13-19-17(16)21/h12-15H,3-11H2,1-2H3. The van der Waals surface area contributed by atoms with Gasteiger partial charge in [0.1, 0.15) is 12.7 Å². The van der Waals surface area contributed by atoms with Crippen LogP contribution in [0.3, 0.4) is 0 Å². The number of aromatic nitrogens is 4. The number of unbranched alkanes of at least 4 members (excludes halogenated alkanes) is 5. The second kappa shape index (κ2) is 8.75. The topological polar surface area (TPSA) is 43.1 Å². The Morgan fingerprint density at radius 1 is 1.00 bits per heavy atom. The van der Waals surface area contributed by atoms with E-state index in [1.165, 1.54) is 63.4 Å². The van der Waals surface area contributed by atoms with E-state index in [-0.39, 0.29) is 0 Å². The normalized spacial score (nSPS) is 12.9. The summed E-state index contributed by atoms with van der Waals surface area (Å²) in [6, 6.07) is 0. The van der Waals surface area contributed by atoms with Crippen LogP contribution in [0, 0.1) is 0 Å². The smallest absolute Gasteiger partial charge is 0.161 e. The lowest BCUT2D eigenvalue weighted by atomic mass is 9.90. The largest absolute Gasteiger partial charge is 0.225 e. The lowest BCUT2D eigenvalue weighted by Crippen LogP contribution is -2.01. The molecule has 0 saturated carbocycles. The van der Waals surface area contributed by atoms with Gasteiger partial charge >= 0.3 is 0 Å². The first-order valence-corrected chi connectivity index (χ1v) is 8.50. The SMILES string of the molecule is CCCCCCCC(CCCC)c1cnn2cncnc12. The molecule has 2 rings (SSSR count). The Morgan fingerprint density at radius 3 is 2.57 bits per heavy atom. The van der Waals surface area contributed by atoms with Crippen LogP contribution < -0.4 is 0 Å². The molecule has 0 aliphatic rings. The zero-order valence-electron chi connectivity index (χ0n) is 13.5. The van der Waals surface area contributed by atoms with E-state index in [2.05, 4.69) is 28.9 Å². The summed E-state index contributed by atoms with van der Waals surface area (Å²) in [5.74, 6) is 0.596. The number of rotatable bonds is 10. The van der Waals surface area contributed by atoms with Gasteiger partial charge in [0, 0.05) is 5.56 Å². The highest BCUT2D eigenvalue weighted by molar-refractivity contribution is 5.47. The minimum atomic E-state index is 0.596. The van der Waals surface area contributed by atoms with Crippen LogP contribution in [0.2, 0.25) is 0 Å². The molecule has 0 spiro atoms. The van der Waals surface area contributed by atoms with E-state index in [9.17, 15) is 0 Å². The van der Waals surface area contributed by atoms with Crippen molar-refractivity contribution in [2.75, 3.05) is 0 Å². The molecular weight excluding hydrogens is 260 g/mol. The van der Waals surface area contributed by atoms with Crippen molar-refractivity contribution in [1.82, 2.24) is 19.6 Å². The van der Waals surface area contributed by atoms with Gasteiger partial charge in [-0.2, -0.15) is 5.10 Å². The Balaban J connectivity index is 2.01. The van der Waals surface area contributed by atoms with E-state index in [1.54, 1.807) is 17.2 Å². The molecule has 0 N–H and O–H groups in total. The highest BCUT2D eigenvalue weighted by Gasteiger charge is 2.16. The second-order valence-electron chi connectivity index (χ2n) is 5.92. The van der Waals surface area contributed by atoms with Gasteiger partial charge in [-0.1, -0.05) is 58.8 Å². The van der Waals surface area contributed by atoms with E-state index >= 15 is 0 Å². The van der Waals surface area contributed by atoms with E-state index < -0.39 is 0 Å². The Hall–Kier alpha value is -1.45. The average Bonchev–Trinajstić information content (AvgIpc) is 2.94. The van der Waals surface area contributed by atoms with Gasteiger partial charge < -0.3 is 0 Å². The molecule has 0 aromatic carbocycles. The maximum absolute atomic E-state index is 4.42. The Bertz CT molecular complexity index is 520. The third-order valence-electron chi connectivity index (χ3n) is 4.22. The van der Waals surface area contributed by atoms with Gasteiger partial charge in [0.25, 0.3) is 0 Å². The molecule has 0 saturated heterocycles. The zero-order chi connectivity index (χ0) is 14.9. The fourth-order valence-electron chi connectivity index (χ4n) is 2.96. The number of fused-ring (bicyclic) bond motifs is 1. The van der Waals surface area contributed by atoms with Gasteiger partial charge in [-0.15, -0.1) is 0 Å². The van der Waals surface area contributed by atoms with Crippen molar-refractivity contribution in [2.24, 2.45) is 0 Å². The van der Waals surface area contributed by atoms with Crippen LogP contribution in [-0.4, -0.2) is 19.6 Å². The fourth-order valence-corrected chi connectivity index (χ4v) is 2.96. The van der Waals surface area contributed by atoms with Gasteiger partial charge in [-0.05, 0) is 18.8 Å². The Labute approximate surface area is 128 Å². The summed E-state index contributed by atoms with van der Waals surface area (Å²) in [6.07, 6.45) is 17.1. The monoisotopic (exact) mass is 288 g/mol. The highest BCUT2D eigenvalue weighted by Crippen LogP contribution is 2.30. The van der Waals surface area contributed by atoms with Gasteiger partial charge in [-0.25, -0.2) is 14.5 Å². The molecule has 1 atom stereocenters. The molecule has 2 aromatic rings. The third kappa shape index (κ3) is 4.51. The lowest BCUT2D eigenvalue weighted by molar-refractivity contribution is 0.506. The van der Waals surface area contributed by atoms with E-state index in [4.69, 9.17) is 0 Å². The molecule has 116 valence electrons. The van der Waals surface area contributed by atoms with E-state index in [0.29, 0.717) is 5.92 Å². The minimum absolute atomic E-state index is 0.596. The maximum atomic E-state index is 4.42. The first-order chi connectivity index (χ1) is 10.4. The van der Waals surface area contributed by atoms with Crippen molar-refractivity contribution in [3.63, 3.8) is 0 Å². The molecule has 0 radical (unpaired) electrons. The first kappa shape index (κ1) is 15.9. The summed E-state index contributed by atoms with van der Waals surface area (Å²) in [7, 11) is 0. The average molecular weight is 288 g/mol. The van der Waals surface area contributed by atoms with Crippen LogP contribution in [0.25, 0.3) is 5.65 Å². The summed E-state index contributed by atoms with van der Waals surface area (Å²) in [4.78, 5) is 8.45. The molecule has 1 unspecified atom stereocenters. The predicted molar refractivity (Wildman–Crippen MR) is 86.4 cm³/mol. The highest BCUT2D eigenvalue weighted by atomic mass is 15.3.